The van der Waals surface area contributed by atoms with Crippen LogP contribution in [0, 0.1) is 6.92 Å². The molecule has 0 radical (unpaired) electrons. The predicted octanol–water partition coefficient (Wildman–Crippen LogP) is 0.402. The highest BCUT2D eigenvalue weighted by atomic mass is 15.4. The Kier molecular flexibility index (Phi) is 2.29. The van der Waals surface area contributed by atoms with Crippen molar-refractivity contribution in [2.45, 2.75) is 6.92 Å². The molecule has 1 aromatic rings. The number of guanidine groups is 2. The minimum absolute atomic E-state index is 0.232. The molecule has 0 fully saturated rings. The average molecular weight is 203 g/mol. The number of rotatable bonds is 1. The standard InChI is InChI=1S/C10H13N5/c1-7-2-4-8(5-3-7)15-6-13-9(11)14-10(15)12/h2-5H,6H2,1H3,(H4,11,12,13,14). The molecule has 0 aromatic heterocycles. The first-order valence-corrected chi connectivity index (χ1v) is 4.65. The molecule has 0 bridgehead atoms. The van der Waals surface area contributed by atoms with Crippen LogP contribution in [-0.2, 0) is 0 Å². The van der Waals surface area contributed by atoms with Gasteiger partial charge in [0.05, 0.1) is 0 Å². The minimum atomic E-state index is 0.232. The Bertz CT molecular complexity index is 418. The fourth-order valence-corrected chi connectivity index (χ4v) is 1.37. The Morgan fingerprint density at radius 1 is 1.20 bits per heavy atom. The molecule has 5 heteroatoms. The summed E-state index contributed by atoms with van der Waals surface area (Å²) in [5.74, 6) is 0.613. The van der Waals surface area contributed by atoms with Crippen LogP contribution < -0.4 is 16.4 Å². The molecule has 15 heavy (non-hydrogen) atoms. The number of hydrogen-bond acceptors (Lipinski definition) is 5. The summed E-state index contributed by atoms with van der Waals surface area (Å²) in [5.41, 5.74) is 13.4. The highest BCUT2D eigenvalue weighted by molar-refractivity contribution is 6.04. The van der Waals surface area contributed by atoms with E-state index in [0.29, 0.717) is 12.6 Å². The van der Waals surface area contributed by atoms with Gasteiger partial charge < -0.3 is 11.5 Å². The lowest BCUT2D eigenvalue weighted by atomic mass is 10.2. The molecule has 1 heterocycles. The third kappa shape index (κ3) is 1.90. The summed E-state index contributed by atoms with van der Waals surface area (Å²) in [5, 5.41) is 0. The molecule has 78 valence electrons. The van der Waals surface area contributed by atoms with E-state index >= 15 is 0 Å². The van der Waals surface area contributed by atoms with Crippen LogP contribution in [0.2, 0.25) is 0 Å². The van der Waals surface area contributed by atoms with Gasteiger partial charge in [0.15, 0.2) is 0 Å². The normalized spacial score (nSPS) is 15.9. The van der Waals surface area contributed by atoms with Gasteiger partial charge in [0.1, 0.15) is 6.67 Å². The monoisotopic (exact) mass is 203 g/mol. The van der Waals surface area contributed by atoms with E-state index in [2.05, 4.69) is 9.98 Å². The number of anilines is 1. The lowest BCUT2D eigenvalue weighted by Gasteiger charge is -2.24. The number of hydrogen-bond donors (Lipinski definition) is 2. The highest BCUT2D eigenvalue weighted by Gasteiger charge is 2.14. The lowest BCUT2D eigenvalue weighted by Crippen LogP contribution is -2.42. The van der Waals surface area contributed by atoms with Gasteiger partial charge in [-0.3, -0.25) is 4.90 Å². The van der Waals surface area contributed by atoms with Gasteiger partial charge in [0.25, 0.3) is 0 Å². The minimum Gasteiger partial charge on any atom is -0.369 e. The average Bonchev–Trinajstić information content (AvgIpc) is 2.20. The van der Waals surface area contributed by atoms with Crippen molar-refractivity contribution >= 4 is 17.6 Å². The predicted molar refractivity (Wildman–Crippen MR) is 61.8 cm³/mol. The van der Waals surface area contributed by atoms with Crippen LogP contribution in [0.4, 0.5) is 5.69 Å². The molecule has 1 aliphatic heterocycles. The van der Waals surface area contributed by atoms with Crippen LogP contribution in [0.25, 0.3) is 0 Å². The molecule has 0 spiro atoms. The summed E-state index contributed by atoms with van der Waals surface area (Å²) in [6.45, 7) is 2.46. The summed E-state index contributed by atoms with van der Waals surface area (Å²) in [6, 6.07) is 8.00. The van der Waals surface area contributed by atoms with E-state index < -0.39 is 0 Å². The lowest BCUT2D eigenvalue weighted by molar-refractivity contribution is 0.969. The van der Waals surface area contributed by atoms with Gasteiger partial charge in [-0.25, -0.2) is 4.99 Å². The van der Waals surface area contributed by atoms with E-state index in [0.717, 1.165) is 5.69 Å². The van der Waals surface area contributed by atoms with Crippen LogP contribution in [0.1, 0.15) is 5.56 Å². The Morgan fingerprint density at radius 3 is 2.47 bits per heavy atom. The topological polar surface area (TPSA) is 80.0 Å². The Balaban J connectivity index is 2.27. The maximum atomic E-state index is 5.75. The third-order valence-corrected chi connectivity index (χ3v) is 2.23. The second-order valence-electron chi connectivity index (χ2n) is 3.39. The zero-order chi connectivity index (χ0) is 10.8. The van der Waals surface area contributed by atoms with Crippen LogP contribution in [0.5, 0.6) is 0 Å². The maximum absolute atomic E-state index is 5.75. The summed E-state index contributed by atoms with van der Waals surface area (Å²) >= 11 is 0. The zero-order valence-electron chi connectivity index (χ0n) is 8.51. The molecule has 4 N–H and O–H groups in total. The van der Waals surface area contributed by atoms with Crippen molar-refractivity contribution in [3.8, 4) is 0 Å². The van der Waals surface area contributed by atoms with Crippen molar-refractivity contribution in [2.75, 3.05) is 11.6 Å². The van der Waals surface area contributed by atoms with Crippen molar-refractivity contribution in [3.05, 3.63) is 29.8 Å². The van der Waals surface area contributed by atoms with Gasteiger partial charge in [-0.1, -0.05) is 17.7 Å². The number of nitrogens with two attached hydrogens (primary N) is 2. The summed E-state index contributed by atoms with van der Waals surface area (Å²) in [6.07, 6.45) is 0. The molecule has 0 amide bonds. The second kappa shape index (κ2) is 3.61. The largest absolute Gasteiger partial charge is 0.369 e. The molecule has 5 nitrogen and oxygen atoms in total. The van der Waals surface area contributed by atoms with Gasteiger partial charge in [-0.2, -0.15) is 4.99 Å². The highest BCUT2D eigenvalue weighted by Crippen LogP contribution is 2.15. The molecule has 1 aromatic carbocycles. The number of aryl methyl sites for hydroxylation is 1. The van der Waals surface area contributed by atoms with Crippen molar-refractivity contribution < 1.29 is 0 Å². The van der Waals surface area contributed by atoms with Gasteiger partial charge in [-0.05, 0) is 19.1 Å². The van der Waals surface area contributed by atoms with E-state index in [1.807, 2.05) is 31.2 Å². The van der Waals surface area contributed by atoms with E-state index in [4.69, 9.17) is 11.5 Å². The van der Waals surface area contributed by atoms with Gasteiger partial charge in [0, 0.05) is 5.69 Å². The van der Waals surface area contributed by atoms with Gasteiger partial charge in [-0.15, -0.1) is 0 Å². The Morgan fingerprint density at radius 2 is 1.87 bits per heavy atom. The molecule has 0 unspecified atom stereocenters. The number of nitrogens with zero attached hydrogens (tertiary/aromatic N) is 3. The summed E-state index contributed by atoms with van der Waals surface area (Å²) < 4.78 is 0. The number of aliphatic imine (C=N–C) groups is 2. The summed E-state index contributed by atoms with van der Waals surface area (Å²) in [4.78, 5) is 9.73. The first kappa shape index (κ1) is 9.51. The SMILES string of the molecule is Cc1ccc(N2CN=C(N)N=C2N)cc1. The van der Waals surface area contributed by atoms with Crippen molar-refractivity contribution in [3.63, 3.8) is 0 Å². The van der Waals surface area contributed by atoms with Crippen LogP contribution in [0.3, 0.4) is 0 Å². The Labute approximate surface area is 88.1 Å². The van der Waals surface area contributed by atoms with Gasteiger partial charge >= 0.3 is 0 Å². The molecular formula is C10H13N5. The molecule has 0 saturated carbocycles. The fourth-order valence-electron chi connectivity index (χ4n) is 1.37. The quantitative estimate of drug-likeness (QED) is 0.693. The van der Waals surface area contributed by atoms with E-state index in [1.54, 1.807) is 4.90 Å². The fraction of sp³-hybridized carbons (Fsp3) is 0.200. The molecule has 0 aliphatic carbocycles. The first-order valence-electron chi connectivity index (χ1n) is 4.65. The van der Waals surface area contributed by atoms with Gasteiger partial charge in [0.2, 0.25) is 11.9 Å². The van der Waals surface area contributed by atoms with Crippen molar-refractivity contribution in [1.29, 1.82) is 0 Å². The van der Waals surface area contributed by atoms with Crippen LogP contribution >= 0.6 is 0 Å². The van der Waals surface area contributed by atoms with E-state index in [1.165, 1.54) is 5.56 Å². The molecule has 1 aliphatic rings. The third-order valence-electron chi connectivity index (χ3n) is 2.23. The zero-order valence-corrected chi connectivity index (χ0v) is 8.51. The second-order valence-corrected chi connectivity index (χ2v) is 3.39. The molecule has 0 atom stereocenters. The number of benzene rings is 1. The molecular weight excluding hydrogens is 190 g/mol. The van der Waals surface area contributed by atoms with E-state index in [9.17, 15) is 0 Å². The maximum Gasteiger partial charge on any atom is 0.220 e. The van der Waals surface area contributed by atoms with Crippen molar-refractivity contribution in [1.82, 2.24) is 0 Å². The summed E-state index contributed by atoms with van der Waals surface area (Å²) in [7, 11) is 0. The molecule has 0 saturated heterocycles. The van der Waals surface area contributed by atoms with Crippen LogP contribution in [-0.4, -0.2) is 18.6 Å². The molecule has 2 rings (SSSR count). The smallest absolute Gasteiger partial charge is 0.220 e. The first-order chi connectivity index (χ1) is 7.16. The Hall–Kier alpha value is -2.04. The van der Waals surface area contributed by atoms with Crippen LogP contribution in [0.15, 0.2) is 34.3 Å². The van der Waals surface area contributed by atoms with E-state index in [-0.39, 0.29) is 5.96 Å². The van der Waals surface area contributed by atoms with Crippen molar-refractivity contribution in [2.24, 2.45) is 21.5 Å².